The van der Waals surface area contributed by atoms with Crippen LogP contribution in [0.15, 0.2) is 42.5 Å². The van der Waals surface area contributed by atoms with Crippen molar-refractivity contribution in [3.05, 3.63) is 53.6 Å². The lowest BCUT2D eigenvalue weighted by Crippen LogP contribution is -2.64. The van der Waals surface area contributed by atoms with Gasteiger partial charge in [-0.05, 0) is 54.8 Å². The average molecular weight is 653 g/mol. The van der Waals surface area contributed by atoms with Crippen molar-refractivity contribution in [2.24, 2.45) is 0 Å². The van der Waals surface area contributed by atoms with Crippen LogP contribution in [0.1, 0.15) is 18.1 Å². The molecule has 15 heteroatoms. The van der Waals surface area contributed by atoms with Gasteiger partial charge in [0.25, 0.3) is 0 Å². The molecule has 0 spiro atoms. The Kier molecular flexibility index (Phi) is 12.2. The lowest BCUT2D eigenvalue weighted by Gasteiger charge is -2.45. The number of benzene rings is 2. The van der Waals surface area contributed by atoms with Crippen LogP contribution in [0.3, 0.4) is 0 Å². The Labute approximate surface area is 264 Å². The van der Waals surface area contributed by atoms with E-state index >= 15 is 0 Å². The average Bonchev–Trinajstić information content (AvgIpc) is 3.05. The van der Waals surface area contributed by atoms with Crippen molar-refractivity contribution in [3.8, 4) is 23.0 Å². The summed E-state index contributed by atoms with van der Waals surface area (Å²) in [6, 6.07) is 9.17. The largest absolute Gasteiger partial charge is 0.504 e. The van der Waals surface area contributed by atoms with E-state index in [1.807, 2.05) is 0 Å². The van der Waals surface area contributed by atoms with Crippen LogP contribution in [0, 0.1) is 0 Å². The molecule has 2 aliphatic rings. The molecule has 46 heavy (non-hydrogen) atoms. The molecule has 2 aromatic rings. The van der Waals surface area contributed by atoms with Gasteiger partial charge in [0.1, 0.15) is 49.3 Å². The van der Waals surface area contributed by atoms with Gasteiger partial charge in [0.2, 0.25) is 0 Å². The fourth-order valence-electron chi connectivity index (χ4n) is 4.96. The highest BCUT2D eigenvalue weighted by atomic mass is 16.7. The van der Waals surface area contributed by atoms with E-state index in [1.165, 1.54) is 45.4 Å². The molecule has 4 rings (SSSR count). The predicted molar refractivity (Wildman–Crippen MR) is 157 cm³/mol. The maximum absolute atomic E-state index is 12.5. The van der Waals surface area contributed by atoms with Crippen LogP contribution in [0.4, 0.5) is 0 Å². The fourth-order valence-corrected chi connectivity index (χ4v) is 4.96. The Balaban J connectivity index is 1.45. The molecule has 0 amide bonds. The second-order valence-electron chi connectivity index (χ2n) is 10.8. The molecular formula is C31H40O15. The molecule has 254 valence electrons. The van der Waals surface area contributed by atoms with Crippen molar-refractivity contribution in [2.45, 2.75) is 74.8 Å². The second kappa shape index (κ2) is 15.9. The standard InChI is InChI=1S/C31H40O15/c1-15-24(35)26(37)27(38)31(44-15)46-29-25(36)22(14-43-23(34)9-6-16-4-7-18(32)20(12-16)40-2)45-30(28(29)39)42-11-10-17-5-8-19(33)21(13-17)41-3/h4-9,12-13,15,22,24-33,35-39H,10-11,14H2,1-3H3. The summed E-state index contributed by atoms with van der Waals surface area (Å²) in [6.07, 6.45) is -11.9. The van der Waals surface area contributed by atoms with Gasteiger partial charge in [0.05, 0.1) is 26.9 Å². The van der Waals surface area contributed by atoms with E-state index in [4.69, 9.17) is 33.2 Å². The molecule has 2 aromatic carbocycles. The first kappa shape index (κ1) is 35.3. The zero-order valence-corrected chi connectivity index (χ0v) is 25.4. The number of aliphatic hydroxyl groups excluding tert-OH is 5. The zero-order valence-electron chi connectivity index (χ0n) is 25.4. The zero-order chi connectivity index (χ0) is 33.5. The van der Waals surface area contributed by atoms with E-state index in [1.54, 1.807) is 18.2 Å². The minimum absolute atomic E-state index is 0.00565. The fraction of sp³-hybridized carbons (Fsp3) is 0.516. The van der Waals surface area contributed by atoms with Gasteiger partial charge in [-0.25, -0.2) is 4.79 Å². The Morgan fingerprint density at radius 3 is 2.20 bits per heavy atom. The van der Waals surface area contributed by atoms with Crippen LogP contribution in [-0.4, -0.2) is 131 Å². The van der Waals surface area contributed by atoms with Gasteiger partial charge in [0, 0.05) is 6.08 Å². The number of aliphatic hydroxyl groups is 5. The lowest BCUT2D eigenvalue weighted by molar-refractivity contribution is -0.357. The molecule has 10 unspecified atom stereocenters. The number of methoxy groups -OCH3 is 2. The van der Waals surface area contributed by atoms with Gasteiger partial charge < -0.3 is 68.9 Å². The summed E-state index contributed by atoms with van der Waals surface area (Å²) in [5.74, 6) is -0.451. The summed E-state index contributed by atoms with van der Waals surface area (Å²) < 4.78 is 38.2. The molecule has 2 saturated heterocycles. The van der Waals surface area contributed by atoms with E-state index < -0.39 is 74.0 Å². The summed E-state index contributed by atoms with van der Waals surface area (Å²) in [5, 5.41) is 72.5. The molecule has 10 atom stereocenters. The third-order valence-corrected chi connectivity index (χ3v) is 7.66. The number of carbonyl (C=O) groups is 1. The van der Waals surface area contributed by atoms with Crippen LogP contribution in [0.25, 0.3) is 6.08 Å². The Bertz CT molecular complexity index is 1340. The van der Waals surface area contributed by atoms with Gasteiger partial charge in [-0.15, -0.1) is 0 Å². The van der Waals surface area contributed by atoms with E-state index in [9.17, 15) is 40.5 Å². The number of carbonyl (C=O) groups excluding carboxylic acids is 1. The van der Waals surface area contributed by atoms with Gasteiger partial charge in [-0.1, -0.05) is 12.1 Å². The van der Waals surface area contributed by atoms with Crippen molar-refractivity contribution in [3.63, 3.8) is 0 Å². The molecule has 0 bridgehead atoms. The smallest absolute Gasteiger partial charge is 0.330 e. The predicted octanol–water partition coefficient (Wildman–Crippen LogP) is -0.410. The highest BCUT2D eigenvalue weighted by molar-refractivity contribution is 5.87. The van der Waals surface area contributed by atoms with Crippen molar-refractivity contribution in [1.82, 2.24) is 0 Å². The van der Waals surface area contributed by atoms with Gasteiger partial charge in [0.15, 0.2) is 35.6 Å². The molecule has 0 saturated carbocycles. The van der Waals surface area contributed by atoms with Gasteiger partial charge >= 0.3 is 5.97 Å². The van der Waals surface area contributed by atoms with E-state index in [2.05, 4.69) is 0 Å². The number of hydrogen-bond donors (Lipinski definition) is 7. The summed E-state index contributed by atoms with van der Waals surface area (Å²) in [7, 11) is 2.79. The molecule has 2 heterocycles. The number of rotatable bonds is 12. The van der Waals surface area contributed by atoms with Crippen LogP contribution < -0.4 is 9.47 Å². The number of ether oxygens (including phenoxy) is 7. The second-order valence-corrected chi connectivity index (χ2v) is 10.8. The SMILES string of the molecule is COc1cc(C=CC(=O)OCC2OC(OCCc3ccc(O)c(OC)c3)C(O)C(OC3OC(C)C(O)C(O)C3O)C2O)ccc1O. The maximum atomic E-state index is 12.5. The Hall–Kier alpha value is -3.51. The lowest BCUT2D eigenvalue weighted by atomic mass is 9.97. The van der Waals surface area contributed by atoms with Gasteiger partial charge in [-0.2, -0.15) is 0 Å². The number of phenolic OH excluding ortho intramolecular Hbond substituents is 2. The maximum Gasteiger partial charge on any atom is 0.330 e. The summed E-state index contributed by atoms with van der Waals surface area (Å²) in [5.41, 5.74) is 1.26. The molecule has 0 aliphatic carbocycles. The van der Waals surface area contributed by atoms with Crippen molar-refractivity contribution in [1.29, 1.82) is 0 Å². The number of esters is 1. The van der Waals surface area contributed by atoms with Crippen LogP contribution in [-0.2, 0) is 34.9 Å². The molecule has 15 nitrogen and oxygen atoms in total. The molecule has 0 radical (unpaired) electrons. The molecule has 0 aromatic heterocycles. The Morgan fingerprint density at radius 2 is 1.50 bits per heavy atom. The quantitative estimate of drug-likeness (QED) is 0.114. The molecule has 2 fully saturated rings. The van der Waals surface area contributed by atoms with E-state index in [0.717, 1.165) is 11.6 Å². The van der Waals surface area contributed by atoms with Crippen LogP contribution in [0.2, 0.25) is 0 Å². The number of phenols is 2. The van der Waals surface area contributed by atoms with E-state index in [0.29, 0.717) is 12.0 Å². The highest BCUT2D eigenvalue weighted by Gasteiger charge is 2.50. The summed E-state index contributed by atoms with van der Waals surface area (Å²) in [4.78, 5) is 12.5. The third kappa shape index (κ3) is 8.44. The minimum Gasteiger partial charge on any atom is -0.504 e. The minimum atomic E-state index is -1.72. The molecular weight excluding hydrogens is 612 g/mol. The normalized spacial score (nSPS) is 31.5. The van der Waals surface area contributed by atoms with Crippen LogP contribution in [0.5, 0.6) is 23.0 Å². The monoisotopic (exact) mass is 652 g/mol. The molecule has 2 aliphatic heterocycles. The first-order chi connectivity index (χ1) is 21.9. The van der Waals surface area contributed by atoms with Crippen molar-refractivity contribution < 1.29 is 73.7 Å². The number of aromatic hydroxyl groups is 2. The van der Waals surface area contributed by atoms with Crippen molar-refractivity contribution in [2.75, 3.05) is 27.4 Å². The molecule has 7 N–H and O–H groups in total. The Morgan fingerprint density at radius 1 is 0.826 bits per heavy atom. The van der Waals surface area contributed by atoms with E-state index in [-0.39, 0.29) is 29.6 Å². The highest BCUT2D eigenvalue weighted by Crippen LogP contribution is 2.31. The van der Waals surface area contributed by atoms with Crippen molar-refractivity contribution >= 4 is 12.0 Å². The summed E-state index contributed by atoms with van der Waals surface area (Å²) >= 11 is 0. The first-order valence-corrected chi connectivity index (χ1v) is 14.5. The first-order valence-electron chi connectivity index (χ1n) is 14.5. The topological polar surface area (TPSA) is 223 Å². The number of hydrogen-bond acceptors (Lipinski definition) is 15. The summed E-state index contributed by atoms with van der Waals surface area (Å²) in [6.45, 7) is 0.937. The van der Waals surface area contributed by atoms with Crippen LogP contribution >= 0.6 is 0 Å². The third-order valence-electron chi connectivity index (χ3n) is 7.66. The van der Waals surface area contributed by atoms with Gasteiger partial charge in [-0.3, -0.25) is 0 Å².